The van der Waals surface area contributed by atoms with Crippen molar-refractivity contribution in [3.63, 3.8) is 0 Å². The molecule has 1 N–H and O–H groups in total. The number of aryl methyl sites for hydroxylation is 2. The van der Waals surface area contributed by atoms with E-state index in [0.717, 1.165) is 11.3 Å². The van der Waals surface area contributed by atoms with E-state index in [1.165, 1.54) is 0 Å². The van der Waals surface area contributed by atoms with Crippen LogP contribution < -0.4 is 5.32 Å². The zero-order valence-corrected chi connectivity index (χ0v) is 15.1. The molecular formula is C18H24N4O3. The van der Waals surface area contributed by atoms with E-state index in [9.17, 15) is 9.59 Å². The van der Waals surface area contributed by atoms with Crippen LogP contribution in [0.4, 0.5) is 5.69 Å². The molecule has 7 nitrogen and oxygen atoms in total. The van der Waals surface area contributed by atoms with Crippen molar-refractivity contribution in [2.24, 2.45) is 7.05 Å². The molecule has 0 saturated heterocycles. The molecule has 0 bridgehead atoms. The standard InChI is InChI=1S/C18H24N4O3/c1-5-25-18(24)14-6-8-16(9-7-14)19-17(23)12-21(3)10-15-11-22(4)20-13(15)2/h6-9,11H,5,10,12H2,1-4H3,(H,19,23). The van der Waals surface area contributed by atoms with E-state index in [1.807, 2.05) is 32.1 Å². The van der Waals surface area contributed by atoms with Crippen molar-refractivity contribution >= 4 is 17.6 Å². The predicted octanol–water partition coefficient (Wildman–Crippen LogP) is 1.98. The van der Waals surface area contributed by atoms with Crippen LogP contribution in [0.25, 0.3) is 0 Å². The zero-order chi connectivity index (χ0) is 18.4. The molecule has 25 heavy (non-hydrogen) atoms. The molecule has 0 unspecified atom stereocenters. The molecule has 1 amide bonds. The molecule has 0 atom stereocenters. The number of hydrogen-bond acceptors (Lipinski definition) is 5. The summed E-state index contributed by atoms with van der Waals surface area (Å²) in [4.78, 5) is 25.7. The Morgan fingerprint density at radius 2 is 1.96 bits per heavy atom. The van der Waals surface area contributed by atoms with Crippen LogP contribution in [-0.4, -0.2) is 46.8 Å². The van der Waals surface area contributed by atoms with Crippen molar-refractivity contribution in [2.45, 2.75) is 20.4 Å². The quantitative estimate of drug-likeness (QED) is 0.777. The third kappa shape index (κ3) is 5.42. The van der Waals surface area contributed by atoms with Gasteiger partial charge in [-0.2, -0.15) is 5.10 Å². The summed E-state index contributed by atoms with van der Waals surface area (Å²) >= 11 is 0. The van der Waals surface area contributed by atoms with Crippen molar-refractivity contribution in [1.29, 1.82) is 0 Å². The first-order chi connectivity index (χ1) is 11.9. The van der Waals surface area contributed by atoms with E-state index in [2.05, 4.69) is 10.4 Å². The molecule has 0 aliphatic heterocycles. The average Bonchev–Trinajstić information content (AvgIpc) is 2.85. The molecule has 0 aliphatic rings. The van der Waals surface area contributed by atoms with Crippen molar-refractivity contribution in [3.8, 4) is 0 Å². The van der Waals surface area contributed by atoms with Gasteiger partial charge in [0.15, 0.2) is 0 Å². The first-order valence-electron chi connectivity index (χ1n) is 8.13. The monoisotopic (exact) mass is 344 g/mol. The lowest BCUT2D eigenvalue weighted by Crippen LogP contribution is -2.29. The fraction of sp³-hybridized carbons (Fsp3) is 0.389. The summed E-state index contributed by atoms with van der Waals surface area (Å²) in [5, 5.41) is 7.12. The molecular weight excluding hydrogens is 320 g/mol. The third-order valence-electron chi connectivity index (χ3n) is 3.65. The SMILES string of the molecule is CCOC(=O)c1ccc(NC(=O)CN(C)Cc2cn(C)nc2C)cc1. The summed E-state index contributed by atoms with van der Waals surface area (Å²) in [6, 6.07) is 6.65. The Labute approximate surface area is 147 Å². The Morgan fingerprint density at radius 3 is 2.52 bits per heavy atom. The maximum absolute atomic E-state index is 12.2. The molecule has 7 heteroatoms. The number of carbonyl (C=O) groups excluding carboxylic acids is 2. The maximum atomic E-state index is 12.2. The fourth-order valence-electron chi connectivity index (χ4n) is 2.50. The van der Waals surface area contributed by atoms with Gasteiger partial charge < -0.3 is 10.1 Å². The van der Waals surface area contributed by atoms with Crippen LogP contribution in [0.2, 0.25) is 0 Å². The number of esters is 1. The summed E-state index contributed by atoms with van der Waals surface area (Å²) in [6.07, 6.45) is 1.96. The minimum absolute atomic E-state index is 0.118. The van der Waals surface area contributed by atoms with Gasteiger partial charge in [-0.25, -0.2) is 4.79 Å². The normalized spacial score (nSPS) is 10.8. The van der Waals surface area contributed by atoms with Crippen LogP contribution in [0.1, 0.15) is 28.5 Å². The van der Waals surface area contributed by atoms with Gasteiger partial charge in [-0.05, 0) is 45.2 Å². The minimum Gasteiger partial charge on any atom is -0.462 e. The van der Waals surface area contributed by atoms with Gasteiger partial charge in [0.25, 0.3) is 0 Å². The Kier molecular flexibility index (Phi) is 6.30. The molecule has 1 heterocycles. The summed E-state index contributed by atoms with van der Waals surface area (Å²) < 4.78 is 6.70. The molecule has 134 valence electrons. The highest BCUT2D eigenvalue weighted by molar-refractivity contribution is 5.94. The van der Waals surface area contributed by atoms with Crippen LogP contribution in [-0.2, 0) is 23.1 Å². The Balaban J connectivity index is 1.87. The first kappa shape index (κ1) is 18.7. The van der Waals surface area contributed by atoms with E-state index in [1.54, 1.807) is 35.9 Å². The molecule has 1 aromatic carbocycles. The van der Waals surface area contributed by atoms with Crippen LogP contribution in [0.5, 0.6) is 0 Å². The zero-order valence-electron chi connectivity index (χ0n) is 15.1. The molecule has 0 radical (unpaired) electrons. The molecule has 1 aromatic heterocycles. The van der Waals surface area contributed by atoms with Crippen molar-refractivity contribution in [2.75, 3.05) is 25.5 Å². The summed E-state index contributed by atoms with van der Waals surface area (Å²) in [5.41, 5.74) is 3.16. The predicted molar refractivity (Wildman–Crippen MR) is 95.3 cm³/mol. The van der Waals surface area contributed by atoms with Crippen LogP contribution in [0.3, 0.4) is 0 Å². The number of ether oxygens (including phenoxy) is 1. The van der Waals surface area contributed by atoms with E-state index in [0.29, 0.717) is 24.4 Å². The number of hydrogen-bond donors (Lipinski definition) is 1. The third-order valence-corrected chi connectivity index (χ3v) is 3.65. The molecule has 0 saturated carbocycles. The van der Waals surface area contributed by atoms with Gasteiger partial charge in [0.05, 0.1) is 24.4 Å². The number of aromatic nitrogens is 2. The van der Waals surface area contributed by atoms with Crippen molar-refractivity contribution < 1.29 is 14.3 Å². The van der Waals surface area contributed by atoms with Crippen LogP contribution in [0.15, 0.2) is 30.5 Å². The van der Waals surface area contributed by atoms with Crippen molar-refractivity contribution in [1.82, 2.24) is 14.7 Å². The number of nitrogens with one attached hydrogen (secondary N) is 1. The average molecular weight is 344 g/mol. The summed E-state index contributed by atoms with van der Waals surface area (Å²) in [5.74, 6) is -0.486. The lowest BCUT2D eigenvalue weighted by Gasteiger charge is -2.16. The van der Waals surface area contributed by atoms with Gasteiger partial charge in [0.1, 0.15) is 0 Å². The Bertz CT molecular complexity index is 737. The minimum atomic E-state index is -0.369. The largest absolute Gasteiger partial charge is 0.462 e. The number of nitrogens with zero attached hydrogens (tertiary/aromatic N) is 3. The van der Waals surface area contributed by atoms with Gasteiger partial charge in [-0.3, -0.25) is 14.4 Å². The Hall–Kier alpha value is -2.67. The van der Waals surface area contributed by atoms with Crippen molar-refractivity contribution in [3.05, 3.63) is 47.3 Å². The summed E-state index contributed by atoms with van der Waals surface area (Å²) in [7, 11) is 3.76. The number of rotatable bonds is 7. The molecule has 0 aliphatic carbocycles. The van der Waals surface area contributed by atoms with E-state index < -0.39 is 0 Å². The summed E-state index contributed by atoms with van der Waals surface area (Å²) in [6.45, 7) is 4.95. The van der Waals surface area contributed by atoms with Gasteiger partial charge in [-0.1, -0.05) is 0 Å². The topological polar surface area (TPSA) is 76.5 Å². The maximum Gasteiger partial charge on any atom is 0.338 e. The number of carbonyl (C=O) groups is 2. The fourth-order valence-corrected chi connectivity index (χ4v) is 2.50. The van der Waals surface area contributed by atoms with Gasteiger partial charge >= 0.3 is 5.97 Å². The Morgan fingerprint density at radius 1 is 1.28 bits per heavy atom. The highest BCUT2D eigenvalue weighted by Gasteiger charge is 2.11. The number of amides is 1. The van der Waals surface area contributed by atoms with Gasteiger partial charge in [0.2, 0.25) is 5.91 Å². The lowest BCUT2D eigenvalue weighted by atomic mass is 10.2. The van der Waals surface area contributed by atoms with E-state index >= 15 is 0 Å². The first-order valence-corrected chi connectivity index (χ1v) is 8.13. The number of likely N-dealkylation sites (N-methyl/N-ethyl adjacent to an activating group) is 1. The lowest BCUT2D eigenvalue weighted by molar-refractivity contribution is -0.117. The second kappa shape index (κ2) is 8.43. The van der Waals surface area contributed by atoms with Gasteiger partial charge in [0, 0.05) is 31.0 Å². The van der Waals surface area contributed by atoms with E-state index in [-0.39, 0.29) is 18.4 Å². The smallest absolute Gasteiger partial charge is 0.338 e. The molecule has 0 fully saturated rings. The highest BCUT2D eigenvalue weighted by atomic mass is 16.5. The van der Waals surface area contributed by atoms with Gasteiger partial charge in [-0.15, -0.1) is 0 Å². The second-order valence-corrected chi connectivity index (χ2v) is 5.93. The van der Waals surface area contributed by atoms with E-state index in [4.69, 9.17) is 4.74 Å². The molecule has 2 aromatic rings. The number of anilines is 1. The number of benzene rings is 1. The molecule has 2 rings (SSSR count). The molecule has 0 spiro atoms. The second-order valence-electron chi connectivity index (χ2n) is 5.93. The highest BCUT2D eigenvalue weighted by Crippen LogP contribution is 2.11. The van der Waals surface area contributed by atoms with Crippen LogP contribution >= 0.6 is 0 Å². The van der Waals surface area contributed by atoms with Crippen LogP contribution in [0, 0.1) is 6.92 Å².